The third kappa shape index (κ3) is 2.63. The fourth-order valence-electron chi connectivity index (χ4n) is 6.82. The van der Waals surface area contributed by atoms with Gasteiger partial charge in [-0.1, -0.05) is 18.6 Å². The van der Waals surface area contributed by atoms with Crippen LogP contribution in [0.5, 0.6) is 0 Å². The van der Waals surface area contributed by atoms with Crippen LogP contribution in [0.2, 0.25) is 0 Å². The molecule has 0 amide bonds. The van der Waals surface area contributed by atoms with Crippen LogP contribution in [0.3, 0.4) is 0 Å². The summed E-state index contributed by atoms with van der Waals surface area (Å²) in [5.41, 5.74) is 0.568. The molecule has 0 spiro atoms. The molecular formula is C23H30O4. The molecule has 0 saturated heterocycles. The van der Waals surface area contributed by atoms with E-state index in [0.717, 1.165) is 25.7 Å². The van der Waals surface area contributed by atoms with Gasteiger partial charge < -0.3 is 5.11 Å². The van der Waals surface area contributed by atoms with Crippen LogP contribution in [0.25, 0.3) is 0 Å². The van der Waals surface area contributed by atoms with E-state index >= 15 is 0 Å². The first-order valence-electron chi connectivity index (χ1n) is 10.4. The average molecular weight is 370 g/mol. The van der Waals surface area contributed by atoms with Gasteiger partial charge in [0.05, 0.1) is 6.42 Å². The molecule has 0 aromatic carbocycles. The lowest BCUT2D eigenvalue weighted by atomic mass is 9.51. The number of ketones is 3. The van der Waals surface area contributed by atoms with Crippen molar-refractivity contribution in [3.05, 3.63) is 23.3 Å². The quantitative estimate of drug-likeness (QED) is 0.771. The van der Waals surface area contributed by atoms with Crippen molar-refractivity contribution in [2.24, 2.45) is 29.1 Å². The molecule has 0 aliphatic heterocycles. The van der Waals surface area contributed by atoms with E-state index in [1.165, 1.54) is 18.1 Å². The molecule has 27 heavy (non-hydrogen) atoms. The summed E-state index contributed by atoms with van der Waals surface area (Å²) < 4.78 is 0. The molecule has 2 saturated carbocycles. The van der Waals surface area contributed by atoms with Gasteiger partial charge in [0.25, 0.3) is 0 Å². The van der Waals surface area contributed by atoms with Crippen molar-refractivity contribution in [1.82, 2.24) is 0 Å². The lowest BCUT2D eigenvalue weighted by Gasteiger charge is -2.54. The predicted octanol–water partition coefficient (Wildman–Crippen LogP) is 3.57. The lowest BCUT2D eigenvalue weighted by molar-refractivity contribution is -0.158. The molecule has 0 aromatic heterocycles. The van der Waals surface area contributed by atoms with E-state index in [1.807, 2.05) is 6.08 Å². The van der Waals surface area contributed by atoms with Crippen molar-refractivity contribution in [1.29, 1.82) is 0 Å². The molecule has 2 fully saturated rings. The number of aliphatic hydroxyl groups is 1. The zero-order valence-electron chi connectivity index (χ0n) is 16.6. The molecular weight excluding hydrogens is 340 g/mol. The Balaban J connectivity index is 1.69. The van der Waals surface area contributed by atoms with E-state index in [-0.39, 0.29) is 29.7 Å². The van der Waals surface area contributed by atoms with Crippen molar-refractivity contribution in [3.63, 3.8) is 0 Å². The normalized spacial score (nSPS) is 43.2. The summed E-state index contributed by atoms with van der Waals surface area (Å²) in [4.78, 5) is 36.2. The maximum atomic E-state index is 12.8. The van der Waals surface area contributed by atoms with Crippen LogP contribution < -0.4 is 0 Å². The number of carbonyl (C=O) groups is 3. The van der Waals surface area contributed by atoms with E-state index < -0.39 is 11.0 Å². The number of hydrogen-bond donors (Lipinski definition) is 1. The first-order chi connectivity index (χ1) is 12.7. The van der Waals surface area contributed by atoms with E-state index in [4.69, 9.17) is 0 Å². The van der Waals surface area contributed by atoms with Crippen LogP contribution >= 0.6 is 0 Å². The van der Waals surface area contributed by atoms with Gasteiger partial charge in [-0.15, -0.1) is 0 Å². The summed E-state index contributed by atoms with van der Waals surface area (Å²) >= 11 is 0. The highest BCUT2D eigenvalue weighted by molar-refractivity contribution is 6.02. The second-order valence-corrected chi connectivity index (χ2v) is 9.57. The molecule has 0 bridgehead atoms. The zero-order valence-corrected chi connectivity index (χ0v) is 16.6. The summed E-state index contributed by atoms with van der Waals surface area (Å²) in [6.07, 6.45) is 8.62. The van der Waals surface area contributed by atoms with Crippen molar-refractivity contribution in [3.8, 4) is 0 Å². The first kappa shape index (κ1) is 18.8. The van der Waals surface area contributed by atoms with Gasteiger partial charge in [0.2, 0.25) is 0 Å². The van der Waals surface area contributed by atoms with Crippen LogP contribution in [-0.4, -0.2) is 28.1 Å². The van der Waals surface area contributed by atoms with Gasteiger partial charge in [-0.2, -0.15) is 0 Å². The van der Waals surface area contributed by atoms with Crippen LogP contribution in [-0.2, 0) is 14.4 Å². The Bertz CT molecular complexity index is 775. The number of hydrogen-bond acceptors (Lipinski definition) is 4. The monoisotopic (exact) mass is 370 g/mol. The van der Waals surface area contributed by atoms with Crippen LogP contribution in [0.15, 0.2) is 23.3 Å². The van der Waals surface area contributed by atoms with Gasteiger partial charge in [-0.3, -0.25) is 14.4 Å². The van der Waals surface area contributed by atoms with Crippen LogP contribution in [0.4, 0.5) is 0 Å². The van der Waals surface area contributed by atoms with Gasteiger partial charge in [0, 0.05) is 11.8 Å². The molecule has 4 nitrogen and oxygen atoms in total. The van der Waals surface area contributed by atoms with Crippen molar-refractivity contribution in [2.45, 2.75) is 71.3 Å². The molecule has 0 aromatic rings. The van der Waals surface area contributed by atoms with Crippen LogP contribution in [0.1, 0.15) is 65.7 Å². The molecule has 4 heteroatoms. The van der Waals surface area contributed by atoms with Gasteiger partial charge in [0.1, 0.15) is 11.4 Å². The Kier molecular flexibility index (Phi) is 4.34. The highest BCUT2D eigenvalue weighted by Crippen LogP contribution is 2.64. The minimum Gasteiger partial charge on any atom is -0.381 e. The first-order valence-corrected chi connectivity index (χ1v) is 10.4. The Morgan fingerprint density at radius 3 is 2.67 bits per heavy atom. The highest BCUT2D eigenvalue weighted by Gasteiger charge is 2.64. The maximum Gasteiger partial charge on any atom is 0.172 e. The molecule has 0 radical (unpaired) electrons. The SMILES string of the molecule is CC(=O)CC(=O)[C@@]1(O)CC[C@H]2[C@@H]3C=C(C)C4=CC(=O)CC[C@@H]4[C@H]3CC[C@@]21C. The third-order valence-corrected chi connectivity index (χ3v) is 8.24. The van der Waals surface area contributed by atoms with Crippen LogP contribution in [0, 0.1) is 29.1 Å². The molecule has 4 aliphatic rings. The second-order valence-electron chi connectivity index (χ2n) is 9.57. The Hall–Kier alpha value is -1.55. The highest BCUT2D eigenvalue weighted by atomic mass is 16.3. The summed E-state index contributed by atoms with van der Waals surface area (Å²) in [7, 11) is 0. The van der Waals surface area contributed by atoms with E-state index in [0.29, 0.717) is 30.6 Å². The fourth-order valence-corrected chi connectivity index (χ4v) is 6.82. The standard InChI is InChI=1S/C23H30O4/c1-13-10-19-17(16-5-4-15(25)12-18(13)16)6-8-22(3)20(19)7-9-23(22,27)21(26)11-14(2)24/h10,12,16-17,19-20,27H,4-9,11H2,1-3H3/t16-,17-,19-,20+,22+,23+/m1/s1. The topological polar surface area (TPSA) is 71.4 Å². The maximum absolute atomic E-state index is 12.8. The van der Waals surface area contributed by atoms with Gasteiger partial charge in [-0.05, 0) is 81.3 Å². The average Bonchev–Trinajstić information content (AvgIpc) is 2.88. The Labute approximate surface area is 161 Å². The van der Waals surface area contributed by atoms with Crippen molar-refractivity contribution in [2.75, 3.05) is 0 Å². The molecule has 6 atom stereocenters. The van der Waals surface area contributed by atoms with Crippen molar-refractivity contribution >= 4 is 17.3 Å². The minimum absolute atomic E-state index is 0.167. The lowest BCUT2D eigenvalue weighted by Crippen LogP contribution is -2.56. The number of Topliss-reactive ketones (excluding diaryl/α,β-unsaturated/α-hetero) is 2. The molecule has 146 valence electrons. The fraction of sp³-hybridized carbons (Fsp3) is 0.696. The minimum atomic E-state index is -1.38. The summed E-state index contributed by atoms with van der Waals surface area (Å²) in [5, 5.41) is 11.4. The predicted molar refractivity (Wildman–Crippen MR) is 102 cm³/mol. The molecule has 0 unspecified atom stereocenters. The second kappa shape index (κ2) is 6.23. The third-order valence-electron chi connectivity index (χ3n) is 8.24. The number of allylic oxidation sites excluding steroid dienone is 4. The summed E-state index contributed by atoms with van der Waals surface area (Å²) in [6.45, 7) is 5.58. The van der Waals surface area contributed by atoms with E-state index in [2.05, 4.69) is 19.9 Å². The smallest absolute Gasteiger partial charge is 0.172 e. The van der Waals surface area contributed by atoms with Crippen molar-refractivity contribution < 1.29 is 19.5 Å². The van der Waals surface area contributed by atoms with Gasteiger partial charge >= 0.3 is 0 Å². The van der Waals surface area contributed by atoms with E-state index in [1.54, 1.807) is 0 Å². The number of rotatable bonds is 3. The molecule has 4 rings (SSSR count). The number of fused-ring (bicyclic) bond motifs is 5. The van der Waals surface area contributed by atoms with Gasteiger partial charge in [0.15, 0.2) is 11.6 Å². The molecule has 4 aliphatic carbocycles. The molecule has 0 heterocycles. The van der Waals surface area contributed by atoms with Gasteiger partial charge in [-0.25, -0.2) is 0 Å². The number of carbonyl (C=O) groups excluding carboxylic acids is 3. The summed E-state index contributed by atoms with van der Waals surface area (Å²) in [5.74, 6) is 1.30. The Morgan fingerprint density at radius 1 is 1.22 bits per heavy atom. The zero-order chi connectivity index (χ0) is 19.6. The Morgan fingerprint density at radius 2 is 1.96 bits per heavy atom. The summed E-state index contributed by atoms with van der Waals surface area (Å²) in [6, 6.07) is 0. The molecule has 1 N–H and O–H groups in total. The largest absolute Gasteiger partial charge is 0.381 e. The van der Waals surface area contributed by atoms with E-state index in [9.17, 15) is 19.5 Å².